The van der Waals surface area contributed by atoms with Gasteiger partial charge in [0.25, 0.3) is 0 Å². The van der Waals surface area contributed by atoms with Crippen LogP contribution in [-0.4, -0.2) is 9.78 Å². The van der Waals surface area contributed by atoms with Crippen molar-refractivity contribution in [2.75, 3.05) is 0 Å². The molecule has 0 saturated heterocycles. The van der Waals surface area contributed by atoms with Gasteiger partial charge in [0.05, 0.1) is 5.52 Å². The molecular weight excluding hydrogens is 204 g/mol. The molecule has 1 aromatic heterocycles. The van der Waals surface area contributed by atoms with Crippen molar-refractivity contribution in [1.29, 1.82) is 0 Å². The number of rotatable bonds is 0. The minimum absolute atomic E-state index is 1.03. The lowest BCUT2D eigenvalue weighted by molar-refractivity contribution is 0.761. The fraction of sp³-hybridized carbons (Fsp3) is 0.125. The average molecular weight is 211 g/mol. The van der Waals surface area contributed by atoms with E-state index in [1.807, 2.05) is 36.0 Å². The number of aromatic nitrogens is 2. The van der Waals surface area contributed by atoms with E-state index in [1.54, 1.807) is 0 Å². The SMILES string of the molecule is Cn1nc2ccccc2c1Br. The first-order valence-electron chi connectivity index (χ1n) is 3.36. The third-order valence-corrected chi connectivity index (χ3v) is 2.61. The van der Waals surface area contributed by atoms with Gasteiger partial charge in [0.2, 0.25) is 0 Å². The molecule has 0 atom stereocenters. The molecule has 0 bridgehead atoms. The summed E-state index contributed by atoms with van der Waals surface area (Å²) < 4.78 is 2.86. The van der Waals surface area contributed by atoms with Gasteiger partial charge in [-0.3, -0.25) is 4.68 Å². The maximum Gasteiger partial charge on any atom is 0.111 e. The molecular formula is C8H7BrN2. The monoisotopic (exact) mass is 210 g/mol. The normalized spacial score (nSPS) is 10.7. The van der Waals surface area contributed by atoms with E-state index >= 15 is 0 Å². The van der Waals surface area contributed by atoms with Crippen LogP contribution in [0.2, 0.25) is 0 Å². The molecule has 0 aliphatic rings. The summed E-state index contributed by atoms with van der Waals surface area (Å²) in [5.41, 5.74) is 1.03. The van der Waals surface area contributed by atoms with Crippen molar-refractivity contribution >= 4 is 26.8 Å². The lowest BCUT2D eigenvalue weighted by atomic mass is 10.3. The van der Waals surface area contributed by atoms with Gasteiger partial charge in [-0.2, -0.15) is 5.10 Å². The molecule has 1 aromatic carbocycles. The van der Waals surface area contributed by atoms with Crippen LogP contribution in [-0.2, 0) is 7.05 Å². The number of hydrogen-bond acceptors (Lipinski definition) is 1. The van der Waals surface area contributed by atoms with Gasteiger partial charge >= 0.3 is 0 Å². The number of benzene rings is 1. The number of nitrogens with zero attached hydrogens (tertiary/aromatic N) is 2. The van der Waals surface area contributed by atoms with Crippen LogP contribution < -0.4 is 0 Å². The van der Waals surface area contributed by atoms with Gasteiger partial charge in [0, 0.05) is 12.4 Å². The molecule has 11 heavy (non-hydrogen) atoms. The molecule has 0 aliphatic heterocycles. The van der Waals surface area contributed by atoms with E-state index in [0.717, 1.165) is 15.5 Å². The summed E-state index contributed by atoms with van der Waals surface area (Å²) in [6.45, 7) is 0. The van der Waals surface area contributed by atoms with E-state index in [-0.39, 0.29) is 0 Å². The van der Waals surface area contributed by atoms with Crippen molar-refractivity contribution in [2.24, 2.45) is 7.05 Å². The van der Waals surface area contributed by atoms with Crippen molar-refractivity contribution in [2.45, 2.75) is 0 Å². The summed E-state index contributed by atoms with van der Waals surface area (Å²) in [4.78, 5) is 0. The molecule has 2 rings (SSSR count). The Morgan fingerprint density at radius 2 is 2.09 bits per heavy atom. The highest BCUT2D eigenvalue weighted by atomic mass is 79.9. The van der Waals surface area contributed by atoms with E-state index < -0.39 is 0 Å². The highest BCUT2D eigenvalue weighted by Gasteiger charge is 2.02. The van der Waals surface area contributed by atoms with Gasteiger partial charge < -0.3 is 0 Å². The first kappa shape index (κ1) is 6.85. The van der Waals surface area contributed by atoms with Gasteiger partial charge in [-0.15, -0.1) is 0 Å². The van der Waals surface area contributed by atoms with Crippen molar-refractivity contribution < 1.29 is 0 Å². The third kappa shape index (κ3) is 0.959. The smallest absolute Gasteiger partial charge is 0.111 e. The van der Waals surface area contributed by atoms with Gasteiger partial charge in [0.15, 0.2) is 0 Å². The molecule has 0 aliphatic carbocycles. The molecule has 0 fully saturated rings. The van der Waals surface area contributed by atoms with Gasteiger partial charge in [0.1, 0.15) is 4.60 Å². The first-order chi connectivity index (χ1) is 5.29. The molecule has 2 nitrogen and oxygen atoms in total. The van der Waals surface area contributed by atoms with Crippen LogP contribution in [0, 0.1) is 0 Å². The fourth-order valence-electron chi connectivity index (χ4n) is 1.12. The molecule has 0 radical (unpaired) electrons. The standard InChI is InChI=1S/C8H7BrN2/c1-11-8(9)6-4-2-3-5-7(6)10-11/h2-5H,1H3. The van der Waals surface area contributed by atoms with Crippen LogP contribution in [0.5, 0.6) is 0 Å². The summed E-state index contributed by atoms with van der Waals surface area (Å²) in [6, 6.07) is 8.04. The highest BCUT2D eigenvalue weighted by Crippen LogP contribution is 2.21. The minimum Gasteiger partial charge on any atom is -0.260 e. The predicted molar refractivity (Wildman–Crippen MR) is 48.4 cm³/mol. The number of halogens is 1. The quantitative estimate of drug-likeness (QED) is 0.653. The Kier molecular flexibility index (Phi) is 1.46. The van der Waals surface area contributed by atoms with Crippen LogP contribution in [0.15, 0.2) is 28.9 Å². The zero-order chi connectivity index (χ0) is 7.84. The Hall–Kier alpha value is -0.830. The number of fused-ring (bicyclic) bond motifs is 1. The number of aryl methyl sites for hydroxylation is 1. The summed E-state index contributed by atoms with van der Waals surface area (Å²) in [6.07, 6.45) is 0. The molecule has 0 amide bonds. The maximum atomic E-state index is 4.28. The van der Waals surface area contributed by atoms with Crippen molar-refractivity contribution in [1.82, 2.24) is 9.78 Å². The molecule has 1 heterocycles. The van der Waals surface area contributed by atoms with Crippen molar-refractivity contribution in [3.63, 3.8) is 0 Å². The Bertz CT molecular complexity index is 392. The van der Waals surface area contributed by atoms with Crippen LogP contribution in [0.4, 0.5) is 0 Å². The number of hydrogen-bond donors (Lipinski definition) is 0. The fourth-order valence-corrected chi connectivity index (χ4v) is 1.53. The molecule has 2 aromatic rings. The molecule has 3 heteroatoms. The summed E-state index contributed by atoms with van der Waals surface area (Å²) in [5.74, 6) is 0. The van der Waals surface area contributed by atoms with Crippen LogP contribution in [0.25, 0.3) is 10.9 Å². The lowest BCUT2D eigenvalue weighted by Gasteiger charge is -1.87. The van der Waals surface area contributed by atoms with Crippen LogP contribution >= 0.6 is 15.9 Å². The second-order valence-corrected chi connectivity index (χ2v) is 3.18. The molecule has 0 saturated carbocycles. The Morgan fingerprint density at radius 3 is 2.82 bits per heavy atom. The van der Waals surface area contributed by atoms with Crippen LogP contribution in [0.3, 0.4) is 0 Å². The highest BCUT2D eigenvalue weighted by molar-refractivity contribution is 9.10. The van der Waals surface area contributed by atoms with Crippen molar-refractivity contribution in [3.8, 4) is 0 Å². The van der Waals surface area contributed by atoms with E-state index in [0.29, 0.717) is 0 Å². The summed E-state index contributed by atoms with van der Waals surface area (Å²) in [5, 5.41) is 5.44. The minimum atomic E-state index is 1.03. The first-order valence-corrected chi connectivity index (χ1v) is 4.15. The maximum absolute atomic E-state index is 4.28. The second-order valence-electron chi connectivity index (χ2n) is 2.43. The van der Waals surface area contributed by atoms with E-state index in [4.69, 9.17) is 0 Å². The van der Waals surface area contributed by atoms with E-state index in [2.05, 4.69) is 21.0 Å². The zero-order valence-corrected chi connectivity index (χ0v) is 7.67. The molecule has 56 valence electrons. The van der Waals surface area contributed by atoms with Gasteiger partial charge in [-0.1, -0.05) is 18.2 Å². The van der Waals surface area contributed by atoms with Crippen molar-refractivity contribution in [3.05, 3.63) is 28.9 Å². The second kappa shape index (κ2) is 2.34. The Morgan fingerprint density at radius 1 is 1.36 bits per heavy atom. The molecule has 0 N–H and O–H groups in total. The Balaban J connectivity index is 2.92. The Labute approximate surface area is 73.0 Å². The third-order valence-electron chi connectivity index (χ3n) is 1.67. The van der Waals surface area contributed by atoms with E-state index in [1.165, 1.54) is 0 Å². The summed E-state index contributed by atoms with van der Waals surface area (Å²) in [7, 11) is 1.92. The zero-order valence-electron chi connectivity index (χ0n) is 6.08. The topological polar surface area (TPSA) is 17.8 Å². The van der Waals surface area contributed by atoms with E-state index in [9.17, 15) is 0 Å². The largest absolute Gasteiger partial charge is 0.260 e. The lowest BCUT2D eigenvalue weighted by Crippen LogP contribution is -1.88. The molecule has 0 spiro atoms. The van der Waals surface area contributed by atoms with Crippen LogP contribution in [0.1, 0.15) is 0 Å². The predicted octanol–water partition coefficient (Wildman–Crippen LogP) is 2.34. The molecule has 0 unspecified atom stereocenters. The summed E-state index contributed by atoms with van der Waals surface area (Å²) >= 11 is 3.45. The average Bonchev–Trinajstić information content (AvgIpc) is 2.30. The van der Waals surface area contributed by atoms with Gasteiger partial charge in [-0.25, -0.2) is 0 Å². The van der Waals surface area contributed by atoms with Gasteiger partial charge in [-0.05, 0) is 22.0 Å².